The van der Waals surface area contributed by atoms with Crippen molar-refractivity contribution in [1.82, 2.24) is 0 Å². The van der Waals surface area contributed by atoms with Gasteiger partial charge in [0.05, 0.1) is 12.0 Å². The SMILES string of the molecule is COC(=O)C1=CC=C(Br)C=C=C1[N+](=O)[O-]. The average molecular weight is 272 g/mol. The Morgan fingerprint density at radius 3 is 2.80 bits per heavy atom. The van der Waals surface area contributed by atoms with Crippen molar-refractivity contribution in [1.29, 1.82) is 0 Å². The summed E-state index contributed by atoms with van der Waals surface area (Å²) in [4.78, 5) is 21.2. The molecule has 0 saturated heterocycles. The average Bonchev–Trinajstić information content (AvgIpc) is 2.39. The maximum Gasteiger partial charge on any atom is 0.345 e. The highest BCUT2D eigenvalue weighted by atomic mass is 79.9. The summed E-state index contributed by atoms with van der Waals surface area (Å²) >= 11 is 3.12. The third-order valence-corrected chi connectivity index (χ3v) is 2.09. The Bertz CT molecular complexity index is 441. The largest absolute Gasteiger partial charge is 0.465 e. The molecule has 0 atom stereocenters. The lowest BCUT2D eigenvalue weighted by Gasteiger charge is -1.98. The Balaban J connectivity index is 3.28. The molecular weight excluding hydrogens is 266 g/mol. The standard InChI is InChI=1S/C9H6BrNO4/c1-15-9(12)7-4-2-6(10)3-5-8(7)11(13)14/h2-4H,1H3. The van der Waals surface area contributed by atoms with Crippen LogP contribution >= 0.6 is 15.9 Å². The van der Waals surface area contributed by atoms with E-state index in [1.165, 1.54) is 18.2 Å². The number of methoxy groups -OCH3 is 1. The Morgan fingerprint density at radius 2 is 2.27 bits per heavy atom. The summed E-state index contributed by atoms with van der Waals surface area (Å²) < 4.78 is 5.01. The molecule has 0 unspecified atom stereocenters. The third-order valence-electron chi connectivity index (χ3n) is 1.60. The summed E-state index contributed by atoms with van der Waals surface area (Å²) in [6, 6.07) is 0. The number of ether oxygens (including phenoxy) is 1. The first-order valence-corrected chi connectivity index (χ1v) is 4.63. The van der Waals surface area contributed by atoms with Crippen LogP contribution in [0.1, 0.15) is 0 Å². The van der Waals surface area contributed by atoms with Gasteiger partial charge in [0.1, 0.15) is 5.57 Å². The molecule has 0 aliphatic heterocycles. The lowest BCUT2D eigenvalue weighted by atomic mass is 10.2. The number of carbonyl (C=O) groups excluding carboxylic acids is 1. The van der Waals surface area contributed by atoms with Gasteiger partial charge in [0.15, 0.2) is 0 Å². The molecule has 1 aliphatic rings. The summed E-state index contributed by atoms with van der Waals surface area (Å²) in [5.74, 6) is -0.763. The molecule has 1 rings (SSSR count). The molecule has 0 amide bonds. The molecular formula is C9H6BrNO4. The van der Waals surface area contributed by atoms with E-state index in [0.29, 0.717) is 4.48 Å². The lowest BCUT2D eigenvalue weighted by molar-refractivity contribution is -0.420. The second-order valence-corrected chi connectivity index (χ2v) is 3.43. The minimum atomic E-state index is -0.763. The number of esters is 1. The van der Waals surface area contributed by atoms with Crippen molar-refractivity contribution >= 4 is 21.9 Å². The van der Waals surface area contributed by atoms with E-state index in [1.807, 2.05) is 0 Å². The van der Waals surface area contributed by atoms with Crippen LogP contribution in [0.4, 0.5) is 0 Å². The van der Waals surface area contributed by atoms with Gasteiger partial charge in [-0.25, -0.2) is 4.79 Å². The summed E-state index contributed by atoms with van der Waals surface area (Å²) in [5.41, 5.74) is 1.86. The number of carbonyl (C=O) groups is 1. The van der Waals surface area contributed by atoms with Crippen molar-refractivity contribution in [3.8, 4) is 0 Å². The van der Waals surface area contributed by atoms with E-state index in [4.69, 9.17) is 0 Å². The van der Waals surface area contributed by atoms with Gasteiger partial charge >= 0.3 is 11.7 Å². The van der Waals surface area contributed by atoms with E-state index >= 15 is 0 Å². The van der Waals surface area contributed by atoms with E-state index in [-0.39, 0.29) is 5.57 Å². The van der Waals surface area contributed by atoms with Gasteiger partial charge in [-0.05, 0) is 17.9 Å². The summed E-state index contributed by atoms with van der Waals surface area (Å²) in [5, 5.41) is 10.6. The van der Waals surface area contributed by atoms with Crippen LogP contribution in [0.5, 0.6) is 0 Å². The number of rotatable bonds is 2. The summed E-state index contributed by atoms with van der Waals surface area (Å²) in [7, 11) is 1.16. The normalized spacial score (nSPS) is 14.7. The van der Waals surface area contributed by atoms with Gasteiger partial charge in [0.25, 0.3) is 0 Å². The number of allylic oxidation sites excluding steroid dienone is 3. The zero-order chi connectivity index (χ0) is 11.4. The number of hydrogen-bond donors (Lipinski definition) is 0. The molecule has 0 heterocycles. The van der Waals surface area contributed by atoms with E-state index in [1.54, 1.807) is 0 Å². The van der Waals surface area contributed by atoms with Gasteiger partial charge < -0.3 is 4.74 Å². The molecule has 5 nitrogen and oxygen atoms in total. The fraction of sp³-hybridized carbons (Fsp3) is 0.111. The van der Waals surface area contributed by atoms with Crippen molar-refractivity contribution in [3.05, 3.63) is 49.8 Å². The van der Waals surface area contributed by atoms with E-state index in [9.17, 15) is 14.9 Å². The van der Waals surface area contributed by atoms with Crippen molar-refractivity contribution in [2.45, 2.75) is 0 Å². The zero-order valence-electron chi connectivity index (χ0n) is 7.69. The number of hydrogen-bond acceptors (Lipinski definition) is 4. The van der Waals surface area contributed by atoms with E-state index < -0.39 is 16.6 Å². The van der Waals surface area contributed by atoms with Gasteiger partial charge in [0, 0.05) is 10.6 Å². The smallest absolute Gasteiger partial charge is 0.345 e. The predicted octanol–water partition coefficient (Wildman–Crippen LogP) is 1.69. The van der Waals surface area contributed by atoms with Crippen LogP contribution in [-0.4, -0.2) is 18.0 Å². The van der Waals surface area contributed by atoms with Gasteiger partial charge in [-0.1, -0.05) is 15.9 Å². The second kappa shape index (κ2) is 4.72. The van der Waals surface area contributed by atoms with Crippen molar-refractivity contribution in [2.75, 3.05) is 7.11 Å². The van der Waals surface area contributed by atoms with Crippen molar-refractivity contribution in [3.63, 3.8) is 0 Å². The molecule has 78 valence electrons. The zero-order valence-corrected chi connectivity index (χ0v) is 9.28. The van der Waals surface area contributed by atoms with Crippen molar-refractivity contribution in [2.24, 2.45) is 0 Å². The van der Waals surface area contributed by atoms with Crippen LogP contribution in [-0.2, 0) is 9.53 Å². The highest BCUT2D eigenvalue weighted by molar-refractivity contribution is 9.11. The molecule has 0 N–H and O–H groups in total. The highest BCUT2D eigenvalue weighted by Gasteiger charge is 2.25. The van der Waals surface area contributed by atoms with Crippen molar-refractivity contribution < 1.29 is 14.5 Å². The van der Waals surface area contributed by atoms with Crippen LogP contribution in [0.25, 0.3) is 0 Å². The minimum absolute atomic E-state index is 0.131. The van der Waals surface area contributed by atoms with Crippen LogP contribution in [0.3, 0.4) is 0 Å². The summed E-state index contributed by atoms with van der Waals surface area (Å²) in [6.45, 7) is 0. The van der Waals surface area contributed by atoms with E-state index in [0.717, 1.165) is 7.11 Å². The van der Waals surface area contributed by atoms with Crippen LogP contribution in [0.2, 0.25) is 0 Å². The Morgan fingerprint density at radius 1 is 1.60 bits per heavy atom. The molecule has 0 spiro atoms. The minimum Gasteiger partial charge on any atom is -0.465 e. The topological polar surface area (TPSA) is 69.4 Å². The first kappa shape index (κ1) is 11.4. The first-order chi connectivity index (χ1) is 7.06. The highest BCUT2D eigenvalue weighted by Crippen LogP contribution is 2.18. The molecule has 0 aromatic carbocycles. The molecule has 0 aromatic rings. The molecule has 0 bridgehead atoms. The van der Waals surface area contributed by atoms with Gasteiger partial charge in [-0.2, -0.15) is 0 Å². The Labute approximate surface area is 93.7 Å². The maximum absolute atomic E-state index is 11.2. The van der Waals surface area contributed by atoms with Crippen LogP contribution < -0.4 is 0 Å². The van der Waals surface area contributed by atoms with Gasteiger partial charge in [-0.3, -0.25) is 10.1 Å². The fourth-order valence-corrected chi connectivity index (χ4v) is 1.18. The molecule has 6 heteroatoms. The van der Waals surface area contributed by atoms with Crippen LogP contribution in [0, 0.1) is 10.1 Å². The quantitative estimate of drug-likeness (QED) is 0.332. The van der Waals surface area contributed by atoms with Crippen LogP contribution in [0.15, 0.2) is 39.7 Å². The molecule has 0 fully saturated rings. The lowest BCUT2D eigenvalue weighted by Crippen LogP contribution is -2.11. The second-order valence-electron chi connectivity index (χ2n) is 2.52. The molecule has 0 aromatic heterocycles. The maximum atomic E-state index is 11.2. The molecule has 1 aliphatic carbocycles. The molecule has 0 saturated carbocycles. The number of nitro groups is 1. The van der Waals surface area contributed by atoms with Gasteiger partial charge in [0.2, 0.25) is 0 Å². The fourth-order valence-electron chi connectivity index (χ4n) is 0.931. The number of halogens is 1. The monoisotopic (exact) mass is 271 g/mol. The molecule has 0 radical (unpaired) electrons. The first-order valence-electron chi connectivity index (χ1n) is 3.83. The third kappa shape index (κ3) is 2.65. The Hall–Kier alpha value is -1.65. The van der Waals surface area contributed by atoms with E-state index in [2.05, 4.69) is 26.4 Å². The van der Waals surface area contributed by atoms with Gasteiger partial charge in [-0.15, -0.1) is 0 Å². The Kier molecular flexibility index (Phi) is 3.60. The predicted molar refractivity (Wildman–Crippen MR) is 55.7 cm³/mol. The summed E-state index contributed by atoms with van der Waals surface area (Å²) in [6.07, 6.45) is 4.19. The molecule has 15 heavy (non-hydrogen) atoms. The number of nitrogens with zero attached hydrogens (tertiary/aromatic N) is 1.